The van der Waals surface area contributed by atoms with E-state index in [9.17, 15) is 9.59 Å². The second kappa shape index (κ2) is 7.49. The number of benzene rings is 1. The van der Waals surface area contributed by atoms with Crippen LogP contribution in [0, 0.1) is 0 Å². The molecule has 0 aliphatic heterocycles. The van der Waals surface area contributed by atoms with E-state index in [-0.39, 0.29) is 0 Å². The second-order valence-electron chi connectivity index (χ2n) is 3.75. The van der Waals surface area contributed by atoms with Gasteiger partial charge in [0.1, 0.15) is 18.8 Å². The van der Waals surface area contributed by atoms with Gasteiger partial charge in [-0.2, -0.15) is 5.10 Å². The van der Waals surface area contributed by atoms with Crippen LogP contribution in [-0.4, -0.2) is 53.6 Å². The molecule has 0 bridgehead atoms. The third-order valence-corrected chi connectivity index (χ3v) is 2.80. The SMILES string of the molecule is COc1ccc(/C=N\N(CC(=O)O)CC(=O)O)cc1Br. The van der Waals surface area contributed by atoms with Crippen LogP contribution in [0.4, 0.5) is 0 Å². The van der Waals surface area contributed by atoms with Gasteiger partial charge >= 0.3 is 11.9 Å². The predicted molar refractivity (Wildman–Crippen MR) is 75.1 cm³/mol. The van der Waals surface area contributed by atoms with Gasteiger partial charge in [-0.05, 0) is 39.7 Å². The maximum atomic E-state index is 10.6. The van der Waals surface area contributed by atoms with Crippen molar-refractivity contribution in [1.29, 1.82) is 0 Å². The molecule has 0 radical (unpaired) electrons. The maximum absolute atomic E-state index is 10.6. The van der Waals surface area contributed by atoms with Gasteiger partial charge in [-0.1, -0.05) is 0 Å². The molecule has 2 N–H and O–H groups in total. The second-order valence-corrected chi connectivity index (χ2v) is 4.60. The molecule has 1 rings (SSSR count). The topological polar surface area (TPSA) is 99.4 Å². The summed E-state index contributed by atoms with van der Waals surface area (Å²) in [6, 6.07) is 5.15. The molecule has 0 aromatic heterocycles. The van der Waals surface area contributed by atoms with Crippen LogP contribution in [0.2, 0.25) is 0 Å². The van der Waals surface area contributed by atoms with Gasteiger partial charge in [0.25, 0.3) is 0 Å². The van der Waals surface area contributed by atoms with Crippen molar-refractivity contribution in [2.45, 2.75) is 0 Å². The Morgan fingerprint density at radius 1 is 1.35 bits per heavy atom. The fourth-order valence-electron chi connectivity index (χ4n) is 1.36. The van der Waals surface area contributed by atoms with Gasteiger partial charge in [-0.25, -0.2) is 0 Å². The minimum absolute atomic E-state index is 0.486. The number of ether oxygens (including phenoxy) is 1. The highest BCUT2D eigenvalue weighted by Crippen LogP contribution is 2.24. The van der Waals surface area contributed by atoms with E-state index >= 15 is 0 Å². The molecule has 0 heterocycles. The molecule has 8 heteroatoms. The molecule has 0 aliphatic rings. The lowest BCUT2D eigenvalue weighted by Crippen LogP contribution is -2.30. The molecule has 0 saturated heterocycles. The van der Waals surface area contributed by atoms with Crippen molar-refractivity contribution in [2.24, 2.45) is 5.10 Å². The van der Waals surface area contributed by atoms with Gasteiger partial charge in [-0.15, -0.1) is 0 Å². The first-order valence-electron chi connectivity index (χ1n) is 5.48. The molecule has 1 aromatic rings. The molecular formula is C12H13BrN2O5. The van der Waals surface area contributed by atoms with Gasteiger partial charge in [0, 0.05) is 0 Å². The number of carboxylic acids is 2. The lowest BCUT2D eigenvalue weighted by atomic mass is 10.2. The summed E-state index contributed by atoms with van der Waals surface area (Å²) >= 11 is 3.31. The van der Waals surface area contributed by atoms with E-state index in [1.807, 2.05) is 0 Å². The molecule has 0 unspecified atom stereocenters. The summed E-state index contributed by atoms with van der Waals surface area (Å²) in [6.07, 6.45) is 1.38. The average molecular weight is 345 g/mol. The van der Waals surface area contributed by atoms with Crippen LogP contribution in [-0.2, 0) is 9.59 Å². The Morgan fingerprint density at radius 3 is 2.40 bits per heavy atom. The normalized spacial score (nSPS) is 10.5. The summed E-state index contributed by atoms with van der Waals surface area (Å²) in [5.41, 5.74) is 0.679. The van der Waals surface area contributed by atoms with Crippen LogP contribution < -0.4 is 4.74 Å². The number of carbonyl (C=O) groups is 2. The van der Waals surface area contributed by atoms with Crippen molar-refractivity contribution in [3.8, 4) is 5.75 Å². The molecule has 0 spiro atoms. The van der Waals surface area contributed by atoms with Crippen LogP contribution in [0.25, 0.3) is 0 Å². The Kier molecular flexibility index (Phi) is 5.98. The molecule has 1 aromatic carbocycles. The molecule has 108 valence electrons. The summed E-state index contributed by atoms with van der Waals surface area (Å²) in [4.78, 5) is 21.2. The van der Waals surface area contributed by atoms with Crippen molar-refractivity contribution in [3.05, 3.63) is 28.2 Å². The minimum atomic E-state index is -1.15. The molecule has 0 saturated carbocycles. The number of hydrogen-bond donors (Lipinski definition) is 2. The Labute approximate surface area is 123 Å². The number of halogens is 1. The Hall–Kier alpha value is -2.09. The zero-order valence-electron chi connectivity index (χ0n) is 10.6. The number of methoxy groups -OCH3 is 1. The van der Waals surface area contributed by atoms with Gasteiger partial charge in [0.15, 0.2) is 0 Å². The van der Waals surface area contributed by atoms with Crippen LogP contribution in [0.1, 0.15) is 5.56 Å². The fourth-order valence-corrected chi connectivity index (χ4v) is 1.92. The molecule has 0 aliphatic carbocycles. The number of rotatable bonds is 7. The fraction of sp³-hybridized carbons (Fsp3) is 0.250. The zero-order chi connectivity index (χ0) is 15.1. The van der Waals surface area contributed by atoms with E-state index in [2.05, 4.69) is 21.0 Å². The Bertz CT molecular complexity index is 517. The maximum Gasteiger partial charge on any atom is 0.324 e. The highest BCUT2D eigenvalue weighted by atomic mass is 79.9. The van der Waals surface area contributed by atoms with Crippen molar-refractivity contribution in [2.75, 3.05) is 20.2 Å². The van der Waals surface area contributed by atoms with E-state index in [4.69, 9.17) is 14.9 Å². The minimum Gasteiger partial charge on any atom is -0.496 e. The van der Waals surface area contributed by atoms with Crippen molar-refractivity contribution < 1.29 is 24.5 Å². The van der Waals surface area contributed by atoms with Gasteiger partial charge < -0.3 is 14.9 Å². The number of hydrogen-bond acceptors (Lipinski definition) is 5. The van der Waals surface area contributed by atoms with E-state index in [0.29, 0.717) is 15.8 Å². The molecule has 0 fully saturated rings. The highest BCUT2D eigenvalue weighted by molar-refractivity contribution is 9.10. The smallest absolute Gasteiger partial charge is 0.324 e. The summed E-state index contributed by atoms with van der Waals surface area (Å²) in [5, 5.41) is 22.2. The summed E-state index contributed by atoms with van der Waals surface area (Å²) in [5.74, 6) is -1.66. The Balaban J connectivity index is 2.83. The molecule has 7 nitrogen and oxygen atoms in total. The molecule has 0 amide bonds. The lowest BCUT2D eigenvalue weighted by Gasteiger charge is -2.13. The summed E-state index contributed by atoms with van der Waals surface area (Å²) in [7, 11) is 1.54. The highest BCUT2D eigenvalue weighted by Gasteiger charge is 2.10. The van der Waals surface area contributed by atoms with E-state index in [0.717, 1.165) is 5.01 Å². The first kappa shape index (κ1) is 16.0. The van der Waals surface area contributed by atoms with E-state index < -0.39 is 25.0 Å². The number of carboxylic acid groups (broad SMARTS) is 2. The molecule has 0 atom stereocenters. The van der Waals surface area contributed by atoms with Crippen molar-refractivity contribution in [1.82, 2.24) is 5.01 Å². The monoisotopic (exact) mass is 344 g/mol. The third-order valence-electron chi connectivity index (χ3n) is 2.18. The van der Waals surface area contributed by atoms with Gasteiger partial charge in [-0.3, -0.25) is 14.6 Å². The lowest BCUT2D eigenvalue weighted by molar-refractivity contribution is -0.141. The number of aliphatic carboxylic acids is 2. The standard InChI is InChI=1S/C12H13BrN2O5/c1-20-10-3-2-8(4-9(10)13)5-14-15(6-11(16)17)7-12(18)19/h2-5H,6-7H2,1H3,(H,16,17)(H,18,19)/b14-5-. The average Bonchev–Trinajstić information content (AvgIpc) is 2.34. The van der Waals surface area contributed by atoms with E-state index in [1.165, 1.54) is 13.3 Å². The van der Waals surface area contributed by atoms with Crippen LogP contribution in [0.15, 0.2) is 27.8 Å². The summed E-state index contributed by atoms with van der Waals surface area (Å²) in [6.45, 7) is -0.972. The zero-order valence-corrected chi connectivity index (χ0v) is 12.2. The molecule has 20 heavy (non-hydrogen) atoms. The number of hydrazone groups is 1. The first-order valence-corrected chi connectivity index (χ1v) is 6.27. The number of nitrogens with zero attached hydrogens (tertiary/aromatic N) is 2. The quantitative estimate of drug-likeness (QED) is 0.570. The van der Waals surface area contributed by atoms with Gasteiger partial charge in [0.05, 0.1) is 17.8 Å². The van der Waals surface area contributed by atoms with E-state index in [1.54, 1.807) is 18.2 Å². The van der Waals surface area contributed by atoms with Crippen LogP contribution in [0.3, 0.4) is 0 Å². The van der Waals surface area contributed by atoms with Crippen molar-refractivity contribution in [3.63, 3.8) is 0 Å². The van der Waals surface area contributed by atoms with Crippen molar-refractivity contribution >= 4 is 34.1 Å². The third kappa shape index (κ3) is 5.27. The predicted octanol–water partition coefficient (Wildman–Crippen LogP) is 1.26. The largest absolute Gasteiger partial charge is 0.496 e. The summed E-state index contributed by atoms with van der Waals surface area (Å²) < 4.78 is 5.79. The first-order chi connectivity index (χ1) is 9.42. The van der Waals surface area contributed by atoms with Crippen LogP contribution >= 0.6 is 15.9 Å². The Morgan fingerprint density at radius 2 is 1.95 bits per heavy atom. The van der Waals surface area contributed by atoms with Crippen LogP contribution in [0.5, 0.6) is 5.75 Å². The van der Waals surface area contributed by atoms with Gasteiger partial charge in [0.2, 0.25) is 0 Å². The molecular weight excluding hydrogens is 332 g/mol.